The molecule has 2 atom stereocenters. The van der Waals surface area contributed by atoms with Crippen LogP contribution in [-0.4, -0.2) is 70.9 Å². The molecule has 1 aromatic carbocycles. The maximum atomic E-state index is 15.1. The molecule has 2 unspecified atom stereocenters. The van der Waals surface area contributed by atoms with Gasteiger partial charge in [-0.25, -0.2) is 9.18 Å². The third-order valence-corrected chi connectivity index (χ3v) is 7.47. The molecule has 5 rings (SSSR count). The first-order chi connectivity index (χ1) is 15.7. The van der Waals surface area contributed by atoms with Crippen molar-refractivity contribution < 1.29 is 23.8 Å². The summed E-state index contributed by atoms with van der Waals surface area (Å²) in [6.45, 7) is 3.43. The van der Waals surface area contributed by atoms with E-state index in [-0.39, 0.29) is 22.2 Å². The van der Waals surface area contributed by atoms with E-state index in [4.69, 9.17) is 10.5 Å². The van der Waals surface area contributed by atoms with Crippen molar-refractivity contribution in [1.82, 2.24) is 14.4 Å². The molecule has 3 N–H and O–H groups in total. The quantitative estimate of drug-likeness (QED) is 0.673. The molecule has 0 saturated carbocycles. The third kappa shape index (κ3) is 3.23. The number of halogens is 1. The number of fused-ring (bicyclic) bond motifs is 3. The Morgan fingerprint density at radius 2 is 1.94 bits per heavy atom. The van der Waals surface area contributed by atoms with Crippen LogP contribution in [0.5, 0.6) is 0 Å². The van der Waals surface area contributed by atoms with Gasteiger partial charge in [-0.05, 0) is 19.1 Å². The Hall–Kier alpha value is -3.25. The fraction of sp³-hybridized carbons (Fsp3) is 0.381. The second-order valence-corrected chi connectivity index (χ2v) is 9.45. The second-order valence-electron chi connectivity index (χ2n) is 8.14. The maximum Gasteiger partial charge on any atom is 0.342 e. The number of thioether (sulfide) groups is 1. The number of carbonyl (C=O) groups is 2. The highest BCUT2D eigenvalue weighted by atomic mass is 32.2. The van der Waals surface area contributed by atoms with Crippen LogP contribution in [0.4, 0.5) is 10.1 Å². The van der Waals surface area contributed by atoms with Gasteiger partial charge in [0.05, 0.1) is 21.6 Å². The summed E-state index contributed by atoms with van der Waals surface area (Å²) in [5.41, 5.74) is 5.93. The predicted octanol–water partition coefficient (Wildman–Crippen LogP) is 1.16. The number of rotatable bonds is 3. The summed E-state index contributed by atoms with van der Waals surface area (Å²) in [4.78, 5) is 42.2. The number of nitrogens with two attached hydrogens (primary N) is 1. The molecule has 3 aliphatic rings. The number of benzene rings is 1. The van der Waals surface area contributed by atoms with Crippen molar-refractivity contribution in [2.75, 3.05) is 38.1 Å². The number of anilines is 1. The van der Waals surface area contributed by atoms with Crippen molar-refractivity contribution in [2.24, 2.45) is 5.73 Å². The minimum absolute atomic E-state index is 0.0471. The standard InChI is InChI=1S/C21H22FN5O5S/c1-10-27-13-8-14(12(22)7-11(13)17(28)16(20(30)31)19(27)33-10)25-3-5-26(6-4-25)18(29)15-9-32-21(23)24(15)2/h7-10,21H,3-6,23H2,1-2H3,(H,30,31). The Bertz CT molecular complexity index is 1290. The zero-order chi connectivity index (χ0) is 23.6. The Labute approximate surface area is 192 Å². The van der Waals surface area contributed by atoms with E-state index in [9.17, 15) is 19.5 Å². The zero-order valence-electron chi connectivity index (χ0n) is 17.9. The van der Waals surface area contributed by atoms with Crippen molar-refractivity contribution in [1.29, 1.82) is 0 Å². The molecule has 1 aromatic heterocycles. The summed E-state index contributed by atoms with van der Waals surface area (Å²) in [6, 6.07) is 2.73. The highest BCUT2D eigenvalue weighted by molar-refractivity contribution is 8.00. The van der Waals surface area contributed by atoms with Crippen molar-refractivity contribution >= 4 is 40.2 Å². The molecule has 0 aliphatic carbocycles. The van der Waals surface area contributed by atoms with Crippen LogP contribution in [0.2, 0.25) is 0 Å². The first kappa shape index (κ1) is 21.6. The van der Waals surface area contributed by atoms with Gasteiger partial charge in [0.2, 0.25) is 11.8 Å². The molecular formula is C21H22FN5O5S. The lowest BCUT2D eigenvalue weighted by Crippen LogP contribution is -2.51. The van der Waals surface area contributed by atoms with Gasteiger partial charge in [-0.3, -0.25) is 15.3 Å². The van der Waals surface area contributed by atoms with Crippen molar-refractivity contribution in [3.05, 3.63) is 45.7 Å². The molecule has 10 nitrogen and oxygen atoms in total. The highest BCUT2D eigenvalue weighted by Gasteiger charge is 2.34. The molecule has 3 aliphatic heterocycles. The molecule has 1 saturated heterocycles. The number of carbonyl (C=O) groups excluding carboxylic acids is 1. The van der Waals surface area contributed by atoms with Crippen molar-refractivity contribution in [3.8, 4) is 0 Å². The Balaban J connectivity index is 1.43. The number of aromatic nitrogens is 1. The maximum absolute atomic E-state index is 15.1. The smallest absolute Gasteiger partial charge is 0.342 e. The monoisotopic (exact) mass is 475 g/mol. The van der Waals surface area contributed by atoms with Gasteiger partial charge in [0, 0.05) is 38.6 Å². The molecule has 174 valence electrons. The van der Waals surface area contributed by atoms with E-state index in [1.807, 2.05) is 11.8 Å². The molecule has 2 aromatic rings. The summed E-state index contributed by atoms with van der Waals surface area (Å²) < 4.78 is 22.0. The van der Waals surface area contributed by atoms with Crippen LogP contribution >= 0.6 is 11.8 Å². The summed E-state index contributed by atoms with van der Waals surface area (Å²) in [5.74, 6) is -2.12. The van der Waals surface area contributed by atoms with Crippen LogP contribution in [0, 0.1) is 5.82 Å². The van der Waals surface area contributed by atoms with E-state index < -0.39 is 23.6 Å². The van der Waals surface area contributed by atoms with Gasteiger partial charge in [0.25, 0.3) is 5.91 Å². The first-order valence-electron chi connectivity index (χ1n) is 10.4. The number of piperazine rings is 1. The zero-order valence-corrected chi connectivity index (χ0v) is 18.8. The van der Waals surface area contributed by atoms with Gasteiger partial charge in [0.15, 0.2) is 0 Å². The summed E-state index contributed by atoms with van der Waals surface area (Å²) >= 11 is 1.30. The van der Waals surface area contributed by atoms with Gasteiger partial charge >= 0.3 is 5.97 Å². The second kappa shape index (κ2) is 7.66. The van der Waals surface area contributed by atoms with E-state index in [0.717, 1.165) is 6.07 Å². The number of hydrogen-bond donors (Lipinski definition) is 2. The first-order valence-corrected chi connectivity index (χ1v) is 11.3. The Kier molecular flexibility index (Phi) is 5.01. The fourth-order valence-electron chi connectivity index (χ4n) is 4.43. The highest BCUT2D eigenvalue weighted by Crippen LogP contribution is 2.46. The predicted molar refractivity (Wildman–Crippen MR) is 119 cm³/mol. The van der Waals surface area contributed by atoms with E-state index in [1.165, 1.54) is 18.0 Å². The molecule has 0 bridgehead atoms. The number of amides is 1. The number of pyridine rings is 1. The van der Waals surface area contributed by atoms with Crippen molar-refractivity contribution in [2.45, 2.75) is 23.7 Å². The number of carboxylic acid groups (broad SMARTS) is 1. The van der Waals surface area contributed by atoms with Crippen LogP contribution < -0.4 is 16.1 Å². The van der Waals surface area contributed by atoms with E-state index in [1.54, 1.807) is 27.5 Å². The average Bonchev–Trinajstić information content (AvgIpc) is 3.11. The fourth-order valence-corrected chi connectivity index (χ4v) is 5.58. The minimum atomic E-state index is -1.32. The Morgan fingerprint density at radius 1 is 1.24 bits per heavy atom. The summed E-state index contributed by atoms with van der Waals surface area (Å²) in [6.07, 6.45) is 0.655. The molecule has 0 radical (unpaired) electrons. The van der Waals surface area contributed by atoms with Crippen LogP contribution in [0.25, 0.3) is 10.9 Å². The summed E-state index contributed by atoms with van der Waals surface area (Å²) in [7, 11) is 1.68. The van der Waals surface area contributed by atoms with E-state index >= 15 is 4.39 Å². The molecule has 0 spiro atoms. The lowest BCUT2D eigenvalue weighted by atomic mass is 10.1. The lowest BCUT2D eigenvalue weighted by Gasteiger charge is -2.37. The van der Waals surface area contributed by atoms with Gasteiger partial charge in [-0.1, -0.05) is 11.8 Å². The molecule has 12 heteroatoms. The van der Waals surface area contributed by atoms with Gasteiger partial charge in [-0.15, -0.1) is 0 Å². The molecule has 1 fully saturated rings. The van der Waals surface area contributed by atoms with Gasteiger partial charge in [0.1, 0.15) is 23.3 Å². The van der Waals surface area contributed by atoms with Crippen molar-refractivity contribution in [3.63, 3.8) is 0 Å². The molecule has 33 heavy (non-hydrogen) atoms. The number of carboxylic acids is 1. The normalized spacial score (nSPS) is 22.1. The number of aromatic carboxylic acids is 1. The molecular weight excluding hydrogens is 453 g/mol. The topological polar surface area (TPSA) is 121 Å². The lowest BCUT2D eigenvalue weighted by molar-refractivity contribution is -0.129. The van der Waals surface area contributed by atoms with Crippen LogP contribution in [0.1, 0.15) is 22.7 Å². The number of nitrogens with zero attached hydrogens (tertiary/aromatic N) is 4. The largest absolute Gasteiger partial charge is 0.477 e. The number of ether oxygens (including phenoxy) is 1. The van der Waals surface area contributed by atoms with Crippen LogP contribution in [-0.2, 0) is 9.53 Å². The third-order valence-electron chi connectivity index (χ3n) is 6.30. The SMILES string of the molecule is CC1Sc2c(C(=O)O)c(=O)c3cc(F)c(N4CCN(C(=O)C5=COC(N)N5C)CC4)cc3n21. The minimum Gasteiger partial charge on any atom is -0.477 e. The molecule has 1 amide bonds. The summed E-state index contributed by atoms with van der Waals surface area (Å²) in [5, 5.41) is 9.84. The average molecular weight is 476 g/mol. The number of hydrogen-bond acceptors (Lipinski definition) is 8. The van der Waals surface area contributed by atoms with Crippen LogP contribution in [0.15, 0.2) is 33.9 Å². The van der Waals surface area contributed by atoms with E-state index in [2.05, 4.69) is 0 Å². The Morgan fingerprint density at radius 3 is 2.52 bits per heavy atom. The molecule has 4 heterocycles. The van der Waals surface area contributed by atoms with Gasteiger partial charge < -0.3 is 29.1 Å². The van der Waals surface area contributed by atoms with E-state index in [0.29, 0.717) is 48.1 Å². The van der Waals surface area contributed by atoms with Crippen LogP contribution in [0.3, 0.4) is 0 Å². The van der Waals surface area contributed by atoms with Gasteiger partial charge in [-0.2, -0.15) is 0 Å². The number of likely N-dealkylation sites (N-methyl/N-ethyl adjacent to an activating group) is 1.